The van der Waals surface area contributed by atoms with E-state index in [0.29, 0.717) is 12.1 Å². The van der Waals surface area contributed by atoms with Crippen molar-refractivity contribution >= 4 is 10.9 Å². The molecule has 6 heteroatoms. The van der Waals surface area contributed by atoms with Gasteiger partial charge in [-0.3, -0.25) is 9.36 Å². The molecule has 1 aromatic heterocycles. The average Bonchev–Trinajstić information content (AvgIpc) is 2.89. The Hall–Kier alpha value is -1.95. The van der Waals surface area contributed by atoms with E-state index in [1.165, 1.54) is 16.7 Å². The molecular weight excluding hydrogens is 249 g/mol. The van der Waals surface area contributed by atoms with E-state index in [0.717, 1.165) is 25.6 Å². The molecule has 19 heavy (non-hydrogen) atoms. The van der Waals surface area contributed by atoms with E-state index in [1.807, 2.05) is 0 Å². The van der Waals surface area contributed by atoms with Crippen molar-refractivity contribution in [3.05, 3.63) is 44.9 Å². The lowest BCUT2D eigenvalue weighted by Crippen LogP contribution is -2.37. The van der Waals surface area contributed by atoms with Crippen molar-refractivity contribution in [2.24, 2.45) is 5.92 Å². The minimum atomic E-state index is -0.481. The van der Waals surface area contributed by atoms with Crippen LogP contribution in [0.1, 0.15) is 6.42 Å². The van der Waals surface area contributed by atoms with Crippen LogP contribution in [0.2, 0.25) is 0 Å². The van der Waals surface area contributed by atoms with Crippen LogP contribution in [-0.2, 0) is 6.54 Å². The SMILES string of the molecule is O=c1[nH]c2ccc(F)cc2c(=O)n1CC1CCNC1. The predicted octanol–water partition coefficient (Wildman–Crippen LogP) is 0.438. The highest BCUT2D eigenvalue weighted by Gasteiger charge is 2.17. The summed E-state index contributed by atoms with van der Waals surface area (Å²) in [5.74, 6) is -0.212. The van der Waals surface area contributed by atoms with E-state index in [-0.39, 0.29) is 11.3 Å². The second-order valence-corrected chi connectivity index (χ2v) is 4.89. The molecule has 1 unspecified atom stereocenters. The lowest BCUT2D eigenvalue weighted by atomic mass is 10.1. The second-order valence-electron chi connectivity index (χ2n) is 4.89. The predicted molar refractivity (Wildman–Crippen MR) is 69.8 cm³/mol. The number of aromatic amines is 1. The summed E-state index contributed by atoms with van der Waals surface area (Å²) in [6.45, 7) is 2.07. The number of hydrogen-bond acceptors (Lipinski definition) is 3. The zero-order valence-corrected chi connectivity index (χ0v) is 10.3. The Morgan fingerprint density at radius 2 is 2.21 bits per heavy atom. The van der Waals surface area contributed by atoms with Crippen LogP contribution in [0.5, 0.6) is 0 Å². The summed E-state index contributed by atoms with van der Waals surface area (Å²) in [4.78, 5) is 26.8. The summed E-state index contributed by atoms with van der Waals surface area (Å²) in [5.41, 5.74) is -0.488. The molecule has 100 valence electrons. The molecular formula is C13H14FN3O2. The molecule has 1 saturated heterocycles. The van der Waals surface area contributed by atoms with Crippen LogP contribution in [0.15, 0.2) is 27.8 Å². The molecule has 2 heterocycles. The molecule has 0 spiro atoms. The van der Waals surface area contributed by atoms with Crippen molar-refractivity contribution in [3.8, 4) is 0 Å². The molecule has 0 bridgehead atoms. The molecule has 1 atom stereocenters. The van der Waals surface area contributed by atoms with Gasteiger partial charge in [-0.25, -0.2) is 9.18 Å². The molecule has 5 nitrogen and oxygen atoms in total. The molecule has 2 N–H and O–H groups in total. The normalized spacial score (nSPS) is 19.1. The molecule has 1 aliphatic rings. The lowest BCUT2D eigenvalue weighted by molar-refractivity contribution is 0.460. The van der Waals surface area contributed by atoms with Crippen LogP contribution >= 0.6 is 0 Å². The van der Waals surface area contributed by atoms with Crippen molar-refractivity contribution < 1.29 is 4.39 Å². The third-order valence-electron chi connectivity index (χ3n) is 3.55. The lowest BCUT2D eigenvalue weighted by Gasteiger charge is -2.10. The number of hydrogen-bond donors (Lipinski definition) is 2. The topological polar surface area (TPSA) is 66.9 Å². The maximum Gasteiger partial charge on any atom is 0.328 e. The van der Waals surface area contributed by atoms with Gasteiger partial charge in [-0.1, -0.05) is 0 Å². The molecule has 3 rings (SSSR count). The average molecular weight is 263 g/mol. The number of benzene rings is 1. The van der Waals surface area contributed by atoms with Crippen LogP contribution in [0, 0.1) is 11.7 Å². The summed E-state index contributed by atoms with van der Waals surface area (Å²) in [6, 6.07) is 3.80. The molecule has 1 aromatic carbocycles. The summed E-state index contributed by atoms with van der Waals surface area (Å²) < 4.78 is 14.4. The van der Waals surface area contributed by atoms with Gasteiger partial charge in [-0.2, -0.15) is 0 Å². The van der Waals surface area contributed by atoms with Gasteiger partial charge in [0.1, 0.15) is 5.82 Å². The quantitative estimate of drug-likeness (QED) is 0.826. The molecule has 0 amide bonds. The van der Waals surface area contributed by atoms with Crippen LogP contribution < -0.4 is 16.6 Å². The van der Waals surface area contributed by atoms with E-state index >= 15 is 0 Å². The Bertz CT molecular complexity index is 729. The number of nitrogens with zero attached hydrogens (tertiary/aromatic N) is 1. The van der Waals surface area contributed by atoms with Gasteiger partial charge in [0.15, 0.2) is 0 Å². The van der Waals surface area contributed by atoms with Gasteiger partial charge in [0.05, 0.1) is 10.9 Å². The third-order valence-corrected chi connectivity index (χ3v) is 3.55. The monoisotopic (exact) mass is 263 g/mol. The first-order valence-electron chi connectivity index (χ1n) is 6.28. The number of rotatable bonds is 2. The van der Waals surface area contributed by atoms with E-state index in [9.17, 15) is 14.0 Å². The molecule has 1 fully saturated rings. The van der Waals surface area contributed by atoms with Crippen molar-refractivity contribution in [2.45, 2.75) is 13.0 Å². The smallest absolute Gasteiger partial charge is 0.316 e. The van der Waals surface area contributed by atoms with Crippen molar-refractivity contribution in [2.75, 3.05) is 13.1 Å². The van der Waals surface area contributed by atoms with Crippen LogP contribution in [0.3, 0.4) is 0 Å². The maximum absolute atomic E-state index is 13.2. The Kier molecular flexibility index (Phi) is 2.94. The molecule has 0 aliphatic carbocycles. The Balaban J connectivity index is 2.13. The van der Waals surface area contributed by atoms with Gasteiger partial charge in [0, 0.05) is 6.54 Å². The zero-order valence-electron chi connectivity index (χ0n) is 10.3. The van der Waals surface area contributed by atoms with Crippen molar-refractivity contribution in [1.29, 1.82) is 0 Å². The highest BCUT2D eigenvalue weighted by molar-refractivity contribution is 5.77. The van der Waals surface area contributed by atoms with Gasteiger partial charge >= 0.3 is 5.69 Å². The number of fused-ring (bicyclic) bond motifs is 1. The van der Waals surface area contributed by atoms with Gasteiger partial charge in [0.25, 0.3) is 5.56 Å². The van der Waals surface area contributed by atoms with Crippen LogP contribution in [0.25, 0.3) is 10.9 Å². The fourth-order valence-corrected chi connectivity index (χ4v) is 2.52. The summed E-state index contributed by atoms with van der Waals surface area (Å²) in [6.07, 6.45) is 0.938. The molecule has 2 aromatic rings. The third kappa shape index (κ3) is 2.19. The maximum atomic E-state index is 13.2. The Labute approximate surface area is 108 Å². The highest BCUT2D eigenvalue weighted by Crippen LogP contribution is 2.10. The molecule has 0 radical (unpaired) electrons. The Morgan fingerprint density at radius 1 is 1.37 bits per heavy atom. The largest absolute Gasteiger partial charge is 0.328 e. The summed E-state index contributed by atoms with van der Waals surface area (Å²) in [7, 11) is 0. The van der Waals surface area contributed by atoms with Gasteiger partial charge in [0.2, 0.25) is 0 Å². The van der Waals surface area contributed by atoms with Crippen LogP contribution in [-0.4, -0.2) is 22.6 Å². The number of nitrogens with one attached hydrogen (secondary N) is 2. The zero-order chi connectivity index (χ0) is 13.4. The van der Waals surface area contributed by atoms with Crippen molar-refractivity contribution in [3.63, 3.8) is 0 Å². The number of H-pyrrole nitrogens is 1. The number of aromatic nitrogens is 2. The van der Waals surface area contributed by atoms with Crippen molar-refractivity contribution in [1.82, 2.24) is 14.9 Å². The fraction of sp³-hybridized carbons (Fsp3) is 0.385. The Morgan fingerprint density at radius 3 is 2.95 bits per heavy atom. The van der Waals surface area contributed by atoms with E-state index in [2.05, 4.69) is 10.3 Å². The van der Waals surface area contributed by atoms with Gasteiger partial charge < -0.3 is 10.3 Å². The number of halogens is 1. The second kappa shape index (κ2) is 4.62. The minimum Gasteiger partial charge on any atom is -0.316 e. The first kappa shape index (κ1) is 12.1. The van der Waals surface area contributed by atoms with E-state index < -0.39 is 17.1 Å². The minimum absolute atomic E-state index is 0.213. The molecule has 1 aliphatic heterocycles. The first-order valence-corrected chi connectivity index (χ1v) is 6.28. The van der Waals surface area contributed by atoms with Crippen LogP contribution in [0.4, 0.5) is 4.39 Å². The van der Waals surface area contributed by atoms with E-state index in [4.69, 9.17) is 0 Å². The summed E-state index contributed by atoms with van der Waals surface area (Å²) in [5, 5.41) is 3.40. The van der Waals surface area contributed by atoms with Gasteiger partial charge in [-0.15, -0.1) is 0 Å². The summed E-state index contributed by atoms with van der Waals surface area (Å²) >= 11 is 0. The standard InChI is InChI=1S/C13H14FN3O2/c14-9-1-2-11-10(5-9)12(18)17(13(19)16-11)7-8-3-4-15-6-8/h1-2,5,8,15H,3-4,6-7H2,(H,16,19). The van der Waals surface area contributed by atoms with Gasteiger partial charge in [-0.05, 0) is 43.6 Å². The fourth-order valence-electron chi connectivity index (χ4n) is 2.52. The molecule has 0 saturated carbocycles. The van der Waals surface area contributed by atoms with E-state index in [1.54, 1.807) is 0 Å². The highest BCUT2D eigenvalue weighted by atomic mass is 19.1. The first-order chi connectivity index (χ1) is 9.15.